The van der Waals surface area contributed by atoms with E-state index < -0.39 is 16.9 Å². The summed E-state index contributed by atoms with van der Waals surface area (Å²) >= 11 is 1.19. The SMILES string of the molecule is CCOC(=O)C1=C(c2ccccc2)N=c2s/c(=C\c3ccc(-c4cc([N+](=O)[O-])ccc4C)o3)c(=O)n2[C@@H]1c1ccccc1. The molecule has 0 radical (unpaired) electrons. The molecule has 0 aliphatic carbocycles. The van der Waals surface area contributed by atoms with Crippen molar-refractivity contribution in [3.05, 3.63) is 149 Å². The highest BCUT2D eigenvalue weighted by Crippen LogP contribution is 2.35. The van der Waals surface area contributed by atoms with E-state index >= 15 is 0 Å². The summed E-state index contributed by atoms with van der Waals surface area (Å²) in [6, 6.07) is 25.9. The molecule has 5 aromatic rings. The van der Waals surface area contributed by atoms with Gasteiger partial charge in [0, 0.05) is 29.3 Å². The second kappa shape index (κ2) is 11.5. The van der Waals surface area contributed by atoms with Gasteiger partial charge in [-0.1, -0.05) is 78.1 Å². The van der Waals surface area contributed by atoms with Gasteiger partial charge in [-0.3, -0.25) is 19.5 Å². The van der Waals surface area contributed by atoms with Crippen LogP contribution in [0, 0.1) is 17.0 Å². The van der Waals surface area contributed by atoms with Crippen LogP contribution in [0.3, 0.4) is 0 Å². The quantitative estimate of drug-likeness (QED) is 0.142. The fourth-order valence-electron chi connectivity index (χ4n) is 5.08. The third-order valence-corrected chi connectivity index (χ3v) is 8.07. The number of thiazole rings is 1. The highest BCUT2D eigenvalue weighted by atomic mass is 32.1. The Hall–Kier alpha value is -5.35. The minimum atomic E-state index is -0.770. The molecule has 3 heterocycles. The minimum absolute atomic E-state index is 0.0422. The first-order chi connectivity index (χ1) is 20.9. The maximum Gasteiger partial charge on any atom is 0.338 e. The number of aryl methyl sites for hydroxylation is 1. The number of nitro groups is 1. The lowest BCUT2D eigenvalue weighted by atomic mass is 9.93. The molecule has 0 N–H and O–H groups in total. The Bertz CT molecular complexity index is 2070. The number of carbonyl (C=O) groups is 1. The van der Waals surface area contributed by atoms with Crippen LogP contribution in [0.1, 0.15) is 35.4 Å². The van der Waals surface area contributed by atoms with E-state index in [1.807, 2.05) is 67.6 Å². The Morgan fingerprint density at radius 3 is 2.49 bits per heavy atom. The molecule has 6 rings (SSSR count). The van der Waals surface area contributed by atoms with Crippen LogP contribution < -0.4 is 14.9 Å². The number of hydrogen-bond donors (Lipinski definition) is 0. The monoisotopic (exact) mass is 591 g/mol. The van der Waals surface area contributed by atoms with Crippen molar-refractivity contribution in [3.63, 3.8) is 0 Å². The van der Waals surface area contributed by atoms with Gasteiger partial charge in [-0.25, -0.2) is 9.79 Å². The number of ether oxygens (including phenoxy) is 1. The maximum atomic E-state index is 14.0. The van der Waals surface area contributed by atoms with Gasteiger partial charge in [-0.15, -0.1) is 0 Å². The number of hydrogen-bond acceptors (Lipinski definition) is 8. The lowest BCUT2D eigenvalue weighted by molar-refractivity contribution is -0.384. The average molecular weight is 592 g/mol. The molecule has 3 aromatic carbocycles. The largest absolute Gasteiger partial charge is 0.463 e. The summed E-state index contributed by atoms with van der Waals surface area (Å²) in [5, 5.41) is 11.3. The maximum absolute atomic E-state index is 14.0. The molecule has 214 valence electrons. The number of aromatic nitrogens is 1. The Kier molecular flexibility index (Phi) is 7.43. The summed E-state index contributed by atoms with van der Waals surface area (Å²) in [4.78, 5) is 43.6. The van der Waals surface area contributed by atoms with Crippen LogP contribution in [-0.2, 0) is 9.53 Å². The first-order valence-electron chi connectivity index (χ1n) is 13.5. The zero-order valence-corrected chi connectivity index (χ0v) is 24.0. The van der Waals surface area contributed by atoms with Crippen LogP contribution in [-0.4, -0.2) is 22.1 Å². The topological polar surface area (TPSA) is 117 Å². The average Bonchev–Trinajstić information content (AvgIpc) is 3.61. The molecule has 0 spiro atoms. The number of esters is 1. The molecular weight excluding hydrogens is 566 g/mol. The summed E-state index contributed by atoms with van der Waals surface area (Å²) in [7, 11) is 0. The van der Waals surface area contributed by atoms with Gasteiger partial charge in [0.2, 0.25) is 0 Å². The van der Waals surface area contributed by atoms with Gasteiger partial charge in [-0.2, -0.15) is 0 Å². The number of furan rings is 1. The third-order valence-electron chi connectivity index (χ3n) is 7.09. The molecule has 10 heteroatoms. The molecular formula is C33H25N3O6S. The number of non-ortho nitro benzene ring substituents is 1. The van der Waals surface area contributed by atoms with Crippen molar-refractivity contribution in [1.29, 1.82) is 0 Å². The van der Waals surface area contributed by atoms with E-state index in [9.17, 15) is 19.7 Å². The molecule has 0 saturated carbocycles. The molecule has 0 bridgehead atoms. The number of fused-ring (bicyclic) bond motifs is 1. The van der Waals surface area contributed by atoms with E-state index in [1.165, 1.54) is 28.0 Å². The van der Waals surface area contributed by atoms with Gasteiger partial charge >= 0.3 is 5.97 Å². The van der Waals surface area contributed by atoms with Crippen LogP contribution in [0.15, 0.2) is 111 Å². The first kappa shape index (κ1) is 27.8. The summed E-state index contributed by atoms with van der Waals surface area (Å²) in [5.41, 5.74) is 3.21. The third kappa shape index (κ3) is 5.24. The summed E-state index contributed by atoms with van der Waals surface area (Å²) in [6.07, 6.45) is 1.62. The van der Waals surface area contributed by atoms with Crippen molar-refractivity contribution in [1.82, 2.24) is 4.57 Å². The molecule has 1 atom stereocenters. The second-order valence-corrected chi connectivity index (χ2v) is 10.8. The van der Waals surface area contributed by atoms with Crippen LogP contribution >= 0.6 is 11.3 Å². The van der Waals surface area contributed by atoms with Crippen molar-refractivity contribution in [2.75, 3.05) is 6.61 Å². The summed E-state index contributed by atoms with van der Waals surface area (Å²) in [6.45, 7) is 3.75. The second-order valence-electron chi connectivity index (χ2n) is 9.80. The smallest absolute Gasteiger partial charge is 0.338 e. The Morgan fingerprint density at radius 2 is 1.79 bits per heavy atom. The van der Waals surface area contributed by atoms with Crippen molar-refractivity contribution >= 4 is 34.8 Å². The highest BCUT2D eigenvalue weighted by molar-refractivity contribution is 7.07. The number of benzene rings is 3. The Labute approximate surface area is 249 Å². The van der Waals surface area contributed by atoms with E-state index in [4.69, 9.17) is 14.1 Å². The van der Waals surface area contributed by atoms with Crippen LogP contribution in [0.25, 0.3) is 23.1 Å². The van der Waals surface area contributed by atoms with Crippen LogP contribution in [0.4, 0.5) is 5.69 Å². The van der Waals surface area contributed by atoms with Crippen molar-refractivity contribution in [3.8, 4) is 11.3 Å². The van der Waals surface area contributed by atoms with Gasteiger partial charge in [0.1, 0.15) is 11.5 Å². The summed E-state index contributed by atoms with van der Waals surface area (Å²) < 4.78 is 13.4. The van der Waals surface area contributed by atoms with Crippen molar-refractivity contribution < 1.29 is 18.9 Å². The number of carbonyl (C=O) groups excluding carboxylic acids is 1. The highest BCUT2D eigenvalue weighted by Gasteiger charge is 2.35. The van der Waals surface area contributed by atoms with Gasteiger partial charge < -0.3 is 9.15 Å². The van der Waals surface area contributed by atoms with Gasteiger partial charge in [-0.05, 0) is 37.1 Å². The zero-order valence-electron chi connectivity index (χ0n) is 23.2. The fraction of sp³-hybridized carbons (Fsp3) is 0.121. The molecule has 0 saturated heterocycles. The standard InChI is InChI=1S/C33H25N3O6S/c1-3-41-32(38)28-29(21-10-6-4-7-11-21)34-33-35(30(28)22-12-8-5-9-13-22)31(37)27(43-33)19-24-16-17-26(42-24)25-18-23(36(39)40)15-14-20(25)2/h4-19,30H,3H2,1-2H3/b27-19-/t30-/m1/s1. The van der Waals surface area contributed by atoms with Crippen molar-refractivity contribution in [2.24, 2.45) is 4.99 Å². The molecule has 0 unspecified atom stereocenters. The fourth-order valence-corrected chi connectivity index (χ4v) is 6.07. The zero-order chi connectivity index (χ0) is 30.1. The van der Waals surface area contributed by atoms with Gasteiger partial charge in [0.05, 0.1) is 33.4 Å². The van der Waals surface area contributed by atoms with Gasteiger partial charge in [0.15, 0.2) is 4.80 Å². The lowest BCUT2D eigenvalue weighted by Crippen LogP contribution is -2.39. The molecule has 9 nitrogen and oxygen atoms in total. The number of nitro benzene ring substituents is 1. The number of rotatable bonds is 7. The molecule has 2 aromatic heterocycles. The Balaban J connectivity index is 1.53. The molecule has 1 aliphatic rings. The van der Waals surface area contributed by atoms with E-state index in [0.29, 0.717) is 32.1 Å². The normalized spacial score (nSPS) is 14.7. The molecule has 1 aliphatic heterocycles. The van der Waals surface area contributed by atoms with E-state index in [1.54, 1.807) is 31.2 Å². The molecule has 0 amide bonds. The van der Waals surface area contributed by atoms with Crippen molar-refractivity contribution in [2.45, 2.75) is 19.9 Å². The summed E-state index contributed by atoms with van der Waals surface area (Å²) in [5.74, 6) is 0.296. The van der Waals surface area contributed by atoms with Crippen LogP contribution in [0.5, 0.6) is 0 Å². The number of nitrogens with zero attached hydrogens (tertiary/aromatic N) is 3. The first-order valence-corrected chi connectivity index (χ1v) is 14.4. The minimum Gasteiger partial charge on any atom is -0.463 e. The van der Waals surface area contributed by atoms with Gasteiger partial charge in [0.25, 0.3) is 11.2 Å². The predicted molar refractivity (Wildman–Crippen MR) is 163 cm³/mol. The van der Waals surface area contributed by atoms with E-state index in [2.05, 4.69) is 0 Å². The van der Waals surface area contributed by atoms with Crippen LogP contribution in [0.2, 0.25) is 0 Å². The predicted octanol–water partition coefficient (Wildman–Crippen LogP) is 5.41. The van der Waals surface area contributed by atoms with E-state index in [0.717, 1.165) is 16.7 Å². The molecule has 43 heavy (non-hydrogen) atoms. The molecule has 0 fully saturated rings. The Morgan fingerprint density at radius 1 is 1.07 bits per heavy atom. The lowest BCUT2D eigenvalue weighted by Gasteiger charge is -2.25. The van der Waals surface area contributed by atoms with E-state index in [-0.39, 0.29) is 23.4 Å².